The Morgan fingerprint density at radius 2 is 1.76 bits per heavy atom. The number of ether oxygens (including phenoxy) is 1. The molecule has 4 rings (SSSR count). The number of benzene rings is 2. The van der Waals surface area contributed by atoms with Gasteiger partial charge in [-0.15, -0.1) is 0 Å². The Morgan fingerprint density at radius 1 is 1.08 bits per heavy atom. The largest absolute Gasteiger partial charge is 0.376 e. The second-order valence-corrected chi connectivity index (χ2v) is 10.4. The lowest BCUT2D eigenvalue weighted by Gasteiger charge is -2.46. The third-order valence-corrected chi connectivity index (χ3v) is 7.43. The van der Waals surface area contributed by atoms with Gasteiger partial charge >= 0.3 is 0 Å². The molecular formula is C28H33FN4O5. The molecule has 3 amide bonds. The van der Waals surface area contributed by atoms with Crippen LogP contribution in [0.1, 0.15) is 30.9 Å². The zero-order chi connectivity index (χ0) is 27.5. The zero-order valence-corrected chi connectivity index (χ0v) is 21.4. The van der Waals surface area contributed by atoms with Gasteiger partial charge in [-0.3, -0.25) is 19.2 Å². The van der Waals surface area contributed by atoms with Crippen molar-refractivity contribution in [3.05, 3.63) is 71.5 Å². The smallest absolute Gasteiger partial charge is 0.237 e. The fraction of sp³-hybridized carbons (Fsp3) is 0.429. The van der Waals surface area contributed by atoms with E-state index >= 15 is 0 Å². The van der Waals surface area contributed by atoms with E-state index in [1.165, 1.54) is 19.1 Å². The van der Waals surface area contributed by atoms with E-state index in [0.717, 1.165) is 5.56 Å². The van der Waals surface area contributed by atoms with E-state index in [9.17, 15) is 23.6 Å². The Labute approximate surface area is 220 Å². The number of primary amides is 1. The van der Waals surface area contributed by atoms with Crippen molar-refractivity contribution < 1.29 is 28.3 Å². The molecule has 2 fully saturated rings. The predicted octanol–water partition coefficient (Wildman–Crippen LogP) is 1.18. The highest BCUT2D eigenvalue weighted by Gasteiger charge is 2.56. The molecule has 9 nitrogen and oxygen atoms in total. The number of amides is 3. The van der Waals surface area contributed by atoms with E-state index in [2.05, 4.69) is 0 Å². The normalized spacial score (nSPS) is 21.7. The SMILES string of the molecule is CC(N)(CC(COCc1ccccc1)C(=O)N1CCN2C(=O)CC(=O)C2(Cc2ccc(F)cc2)C1)C(N)=O. The number of Topliss-reactive ketones (excluding diaryl/α,β-unsaturated/α-hetero) is 1. The molecule has 10 heteroatoms. The van der Waals surface area contributed by atoms with Gasteiger partial charge in [-0.1, -0.05) is 42.5 Å². The summed E-state index contributed by atoms with van der Waals surface area (Å²) in [5, 5.41) is 0. The minimum absolute atomic E-state index is 0.00808. The minimum atomic E-state index is -1.46. The molecule has 0 radical (unpaired) electrons. The van der Waals surface area contributed by atoms with E-state index in [1.807, 2.05) is 30.3 Å². The van der Waals surface area contributed by atoms with Crippen molar-refractivity contribution in [3.8, 4) is 0 Å². The van der Waals surface area contributed by atoms with Crippen molar-refractivity contribution >= 4 is 23.5 Å². The van der Waals surface area contributed by atoms with Crippen LogP contribution < -0.4 is 11.5 Å². The Morgan fingerprint density at radius 3 is 2.42 bits per heavy atom. The Balaban J connectivity index is 1.56. The van der Waals surface area contributed by atoms with Gasteiger partial charge in [0.05, 0.1) is 37.6 Å². The topological polar surface area (TPSA) is 136 Å². The van der Waals surface area contributed by atoms with Crippen LogP contribution in [0.2, 0.25) is 0 Å². The number of carbonyl (C=O) groups excluding carboxylic acids is 4. The van der Waals surface area contributed by atoms with Crippen LogP contribution in [0.4, 0.5) is 4.39 Å². The van der Waals surface area contributed by atoms with Crippen LogP contribution in [-0.2, 0) is 36.9 Å². The van der Waals surface area contributed by atoms with E-state index in [1.54, 1.807) is 21.9 Å². The molecule has 2 heterocycles. The summed E-state index contributed by atoms with van der Waals surface area (Å²) in [5.74, 6) is -2.84. The molecular weight excluding hydrogens is 491 g/mol. The molecule has 3 unspecified atom stereocenters. The average molecular weight is 525 g/mol. The van der Waals surface area contributed by atoms with Crippen molar-refractivity contribution in [1.29, 1.82) is 0 Å². The number of hydrogen-bond acceptors (Lipinski definition) is 6. The molecule has 3 atom stereocenters. The zero-order valence-electron chi connectivity index (χ0n) is 21.4. The van der Waals surface area contributed by atoms with Crippen molar-refractivity contribution in [2.24, 2.45) is 17.4 Å². The summed E-state index contributed by atoms with van der Waals surface area (Å²) in [5.41, 5.74) is 10.5. The second kappa shape index (κ2) is 11.0. The highest BCUT2D eigenvalue weighted by atomic mass is 19.1. The van der Waals surface area contributed by atoms with Crippen LogP contribution in [0.3, 0.4) is 0 Å². The van der Waals surface area contributed by atoms with Gasteiger partial charge in [0.2, 0.25) is 17.7 Å². The van der Waals surface area contributed by atoms with Gasteiger partial charge in [0.15, 0.2) is 5.78 Å². The standard InChI is InChI=1S/C28H33FN4O5/c1-27(31,26(30)37)15-21(17-38-16-20-5-3-2-4-6-20)25(36)32-11-12-33-24(35)13-23(34)28(33,18-32)14-19-7-9-22(29)10-8-19/h2-10,21H,11-18,31H2,1H3,(H2,30,37). The summed E-state index contributed by atoms with van der Waals surface area (Å²) in [6.07, 6.45) is -0.129. The fourth-order valence-electron chi connectivity index (χ4n) is 5.27. The molecule has 2 aliphatic heterocycles. The number of rotatable bonds is 10. The summed E-state index contributed by atoms with van der Waals surface area (Å²) in [4.78, 5) is 54.8. The van der Waals surface area contributed by atoms with Crippen LogP contribution in [0.15, 0.2) is 54.6 Å². The number of ketones is 1. The average Bonchev–Trinajstić information content (AvgIpc) is 3.13. The molecule has 0 bridgehead atoms. The van der Waals surface area contributed by atoms with Gasteiger partial charge in [-0.05, 0) is 36.6 Å². The summed E-state index contributed by atoms with van der Waals surface area (Å²) >= 11 is 0. The molecule has 38 heavy (non-hydrogen) atoms. The number of piperazine rings is 1. The van der Waals surface area contributed by atoms with Crippen LogP contribution in [0.25, 0.3) is 0 Å². The molecule has 0 aromatic heterocycles. The van der Waals surface area contributed by atoms with Crippen molar-refractivity contribution in [1.82, 2.24) is 9.80 Å². The van der Waals surface area contributed by atoms with Gasteiger partial charge in [-0.2, -0.15) is 0 Å². The number of nitrogens with zero attached hydrogens (tertiary/aromatic N) is 2. The highest BCUT2D eigenvalue weighted by Crippen LogP contribution is 2.35. The lowest BCUT2D eigenvalue weighted by Crippen LogP contribution is -2.66. The highest BCUT2D eigenvalue weighted by molar-refractivity contribution is 6.11. The first-order valence-electron chi connectivity index (χ1n) is 12.6. The van der Waals surface area contributed by atoms with Crippen LogP contribution in [0, 0.1) is 11.7 Å². The number of halogens is 1. The fourth-order valence-corrected chi connectivity index (χ4v) is 5.27. The van der Waals surface area contributed by atoms with Crippen LogP contribution in [0.5, 0.6) is 0 Å². The van der Waals surface area contributed by atoms with Crippen molar-refractivity contribution in [3.63, 3.8) is 0 Å². The van der Waals surface area contributed by atoms with E-state index in [-0.39, 0.29) is 69.7 Å². The van der Waals surface area contributed by atoms with Gasteiger partial charge in [0.25, 0.3) is 0 Å². The third kappa shape index (κ3) is 5.76. The maximum atomic E-state index is 13.8. The summed E-state index contributed by atoms with van der Waals surface area (Å²) < 4.78 is 19.3. The third-order valence-electron chi connectivity index (χ3n) is 7.43. The van der Waals surface area contributed by atoms with E-state index in [0.29, 0.717) is 5.56 Å². The van der Waals surface area contributed by atoms with Crippen molar-refractivity contribution in [2.75, 3.05) is 26.2 Å². The Bertz CT molecular complexity index is 1200. The molecule has 2 saturated heterocycles. The maximum absolute atomic E-state index is 13.8. The number of nitrogens with two attached hydrogens (primary N) is 2. The Kier molecular flexibility index (Phi) is 7.94. The number of fused-ring (bicyclic) bond motifs is 1. The minimum Gasteiger partial charge on any atom is -0.376 e. The molecule has 0 aliphatic carbocycles. The second-order valence-electron chi connectivity index (χ2n) is 10.4. The monoisotopic (exact) mass is 524 g/mol. The molecule has 2 aromatic carbocycles. The molecule has 202 valence electrons. The lowest BCUT2D eigenvalue weighted by molar-refractivity contribution is -0.150. The van der Waals surface area contributed by atoms with E-state index < -0.39 is 28.7 Å². The molecule has 0 spiro atoms. The molecule has 2 aromatic rings. The van der Waals surface area contributed by atoms with Crippen molar-refractivity contribution in [2.45, 2.75) is 43.9 Å². The molecule has 0 saturated carbocycles. The first kappa shape index (κ1) is 27.4. The quantitative estimate of drug-likeness (QED) is 0.448. The van der Waals surface area contributed by atoms with Gasteiger partial charge in [0.1, 0.15) is 11.4 Å². The number of carbonyl (C=O) groups is 4. The van der Waals surface area contributed by atoms with Gasteiger partial charge in [-0.25, -0.2) is 4.39 Å². The Hall–Kier alpha value is -3.63. The maximum Gasteiger partial charge on any atom is 0.237 e. The number of hydrogen-bond donors (Lipinski definition) is 2. The van der Waals surface area contributed by atoms with Gasteiger partial charge in [0, 0.05) is 19.5 Å². The first-order valence-corrected chi connectivity index (χ1v) is 12.6. The van der Waals surface area contributed by atoms with Crippen LogP contribution in [-0.4, -0.2) is 70.6 Å². The predicted molar refractivity (Wildman–Crippen MR) is 137 cm³/mol. The lowest BCUT2D eigenvalue weighted by atomic mass is 9.83. The van der Waals surface area contributed by atoms with E-state index in [4.69, 9.17) is 16.2 Å². The summed E-state index contributed by atoms with van der Waals surface area (Å²) in [6, 6.07) is 15.2. The van der Waals surface area contributed by atoms with Gasteiger partial charge < -0.3 is 26.0 Å². The summed E-state index contributed by atoms with van der Waals surface area (Å²) in [7, 11) is 0. The molecule has 2 aliphatic rings. The molecule has 4 N–H and O–H groups in total. The van der Waals surface area contributed by atoms with Crippen LogP contribution >= 0.6 is 0 Å². The summed E-state index contributed by atoms with van der Waals surface area (Å²) in [6.45, 7) is 2.12. The first-order chi connectivity index (χ1) is 18.0.